The molecule has 5 aliphatic rings. The Balaban J connectivity index is 1.38. The molecular weight excluding hydrogens is 399 g/mol. The zero-order valence-electron chi connectivity index (χ0n) is 16.7. The minimum Gasteiger partial charge on any atom is -0.393 e. The number of alkyl halides is 3. The molecule has 6 nitrogen and oxygen atoms in total. The summed E-state index contributed by atoms with van der Waals surface area (Å²) in [6, 6.07) is -0.661. The number of hydrogen-bond acceptors (Lipinski definition) is 4. The van der Waals surface area contributed by atoms with Crippen LogP contribution in [0.2, 0.25) is 0 Å². The lowest BCUT2D eigenvalue weighted by Crippen LogP contribution is -2.61. The molecule has 1 aromatic rings. The Kier molecular flexibility index (Phi) is 4.70. The fraction of sp³-hybridized carbons (Fsp3) is 0.810. The molecule has 0 aliphatic heterocycles. The van der Waals surface area contributed by atoms with Crippen molar-refractivity contribution in [3.8, 4) is 0 Å². The first-order valence-corrected chi connectivity index (χ1v) is 11.0. The minimum atomic E-state index is -4.70. The van der Waals surface area contributed by atoms with E-state index in [-0.39, 0.29) is 17.9 Å². The topological polar surface area (TPSA) is 87.4 Å². The SMILES string of the molecule is O=C(NC1[C@@H]2CC3C[C@H]1CC(O)(C3)C2)c1cnn(C2CCC(O)CC2)c1C(F)(F)F. The van der Waals surface area contributed by atoms with Gasteiger partial charge in [-0.15, -0.1) is 0 Å². The predicted octanol–water partition coefficient (Wildman–Crippen LogP) is 3.05. The number of nitrogens with zero attached hydrogens (tertiary/aromatic N) is 2. The zero-order chi connectivity index (χ0) is 21.3. The molecule has 0 saturated heterocycles. The van der Waals surface area contributed by atoms with Gasteiger partial charge in [-0.2, -0.15) is 18.3 Å². The third-order valence-electron chi connectivity index (χ3n) is 7.86. The van der Waals surface area contributed by atoms with E-state index in [9.17, 15) is 28.2 Å². The van der Waals surface area contributed by atoms with E-state index in [1.165, 1.54) is 0 Å². The molecule has 9 heteroatoms. The van der Waals surface area contributed by atoms with E-state index in [0.717, 1.165) is 30.1 Å². The lowest BCUT2D eigenvalue weighted by atomic mass is 9.52. The van der Waals surface area contributed by atoms with Gasteiger partial charge in [0.05, 0.1) is 29.5 Å². The van der Waals surface area contributed by atoms with Gasteiger partial charge in [0.1, 0.15) is 0 Å². The summed E-state index contributed by atoms with van der Waals surface area (Å²) in [4.78, 5) is 13.0. The third-order valence-corrected chi connectivity index (χ3v) is 7.86. The maximum Gasteiger partial charge on any atom is 0.433 e. The molecule has 0 spiro atoms. The summed E-state index contributed by atoms with van der Waals surface area (Å²) in [5.74, 6) is -0.0338. The Labute approximate surface area is 172 Å². The van der Waals surface area contributed by atoms with Gasteiger partial charge in [0.25, 0.3) is 5.91 Å². The highest BCUT2D eigenvalue weighted by Crippen LogP contribution is 2.55. The molecule has 3 unspecified atom stereocenters. The van der Waals surface area contributed by atoms with Crippen LogP contribution >= 0.6 is 0 Å². The van der Waals surface area contributed by atoms with Crippen LogP contribution in [0.1, 0.15) is 79.9 Å². The van der Waals surface area contributed by atoms with Crippen LogP contribution in [-0.2, 0) is 6.18 Å². The fourth-order valence-corrected chi connectivity index (χ4v) is 6.84. The molecule has 166 valence electrons. The summed E-state index contributed by atoms with van der Waals surface area (Å²) in [7, 11) is 0. The maximum absolute atomic E-state index is 13.9. The van der Waals surface area contributed by atoms with Crippen molar-refractivity contribution in [1.29, 1.82) is 0 Å². The molecule has 30 heavy (non-hydrogen) atoms. The van der Waals surface area contributed by atoms with Gasteiger partial charge in [0.2, 0.25) is 0 Å². The molecule has 1 aromatic heterocycles. The molecule has 5 aliphatic carbocycles. The molecular formula is C21H28F3N3O3. The maximum atomic E-state index is 13.9. The van der Waals surface area contributed by atoms with Crippen LogP contribution in [0.15, 0.2) is 6.20 Å². The average Bonchev–Trinajstić information content (AvgIpc) is 3.09. The van der Waals surface area contributed by atoms with Gasteiger partial charge in [-0.3, -0.25) is 9.48 Å². The van der Waals surface area contributed by atoms with Gasteiger partial charge in [-0.1, -0.05) is 0 Å². The van der Waals surface area contributed by atoms with E-state index >= 15 is 0 Å². The molecule has 6 rings (SSSR count). The lowest BCUT2D eigenvalue weighted by molar-refractivity contribution is -0.145. The second kappa shape index (κ2) is 6.95. The Morgan fingerprint density at radius 3 is 2.33 bits per heavy atom. The first kappa shape index (κ1) is 20.3. The summed E-state index contributed by atoms with van der Waals surface area (Å²) < 4.78 is 42.7. The Morgan fingerprint density at radius 1 is 1.13 bits per heavy atom. The number of nitrogens with one attached hydrogen (secondary N) is 1. The van der Waals surface area contributed by atoms with Crippen molar-refractivity contribution < 1.29 is 28.2 Å². The van der Waals surface area contributed by atoms with Crippen LogP contribution < -0.4 is 5.32 Å². The van der Waals surface area contributed by atoms with Crippen LogP contribution in [0, 0.1) is 17.8 Å². The van der Waals surface area contributed by atoms with Gasteiger partial charge in [-0.25, -0.2) is 0 Å². The quantitative estimate of drug-likeness (QED) is 0.692. The highest BCUT2D eigenvalue weighted by Gasteiger charge is 2.55. The molecule has 4 bridgehead atoms. The van der Waals surface area contributed by atoms with Crippen LogP contribution in [0.25, 0.3) is 0 Å². The number of aliphatic hydroxyl groups excluding tert-OH is 1. The van der Waals surface area contributed by atoms with Crippen LogP contribution in [0.3, 0.4) is 0 Å². The fourth-order valence-electron chi connectivity index (χ4n) is 6.84. The van der Waals surface area contributed by atoms with Gasteiger partial charge in [0.15, 0.2) is 5.69 Å². The minimum absolute atomic E-state index is 0.120. The second-order valence-corrected chi connectivity index (χ2v) is 10.0. The number of halogens is 3. The number of rotatable bonds is 3. The smallest absolute Gasteiger partial charge is 0.393 e. The number of aliphatic hydroxyl groups is 2. The summed E-state index contributed by atoms with van der Waals surface area (Å²) in [6.07, 6.45) is 1.38. The van der Waals surface area contributed by atoms with Crippen molar-refractivity contribution >= 4 is 5.91 Å². The second-order valence-electron chi connectivity index (χ2n) is 10.0. The molecule has 0 aromatic carbocycles. The number of aromatic nitrogens is 2. The van der Waals surface area contributed by atoms with Crippen molar-refractivity contribution in [2.45, 2.75) is 87.8 Å². The highest BCUT2D eigenvalue weighted by molar-refractivity contribution is 5.95. The first-order chi connectivity index (χ1) is 14.1. The molecule has 5 fully saturated rings. The van der Waals surface area contributed by atoms with Crippen molar-refractivity contribution in [2.75, 3.05) is 0 Å². The normalized spacial score (nSPS) is 40.6. The lowest BCUT2D eigenvalue weighted by Gasteiger charge is -2.58. The molecule has 0 radical (unpaired) electrons. The number of carbonyl (C=O) groups excluding carboxylic acids is 1. The van der Waals surface area contributed by atoms with Gasteiger partial charge < -0.3 is 15.5 Å². The Bertz CT molecular complexity index is 815. The van der Waals surface area contributed by atoms with Crippen LogP contribution in [-0.4, -0.2) is 43.6 Å². The number of hydrogen-bond donors (Lipinski definition) is 3. The Hall–Kier alpha value is -1.61. The molecule has 5 saturated carbocycles. The molecule has 5 atom stereocenters. The van der Waals surface area contributed by atoms with Crippen molar-refractivity contribution in [3.05, 3.63) is 17.5 Å². The van der Waals surface area contributed by atoms with E-state index < -0.39 is 41.1 Å². The average molecular weight is 427 g/mol. The van der Waals surface area contributed by atoms with E-state index in [0.29, 0.717) is 44.4 Å². The summed E-state index contributed by atoms with van der Waals surface area (Å²) >= 11 is 0. The number of amides is 1. The van der Waals surface area contributed by atoms with Crippen molar-refractivity contribution in [3.63, 3.8) is 0 Å². The van der Waals surface area contributed by atoms with E-state index in [1.807, 2.05) is 0 Å². The first-order valence-electron chi connectivity index (χ1n) is 11.0. The molecule has 1 amide bonds. The monoisotopic (exact) mass is 427 g/mol. The highest BCUT2D eigenvalue weighted by atomic mass is 19.4. The Morgan fingerprint density at radius 2 is 1.77 bits per heavy atom. The van der Waals surface area contributed by atoms with E-state index in [4.69, 9.17) is 0 Å². The van der Waals surface area contributed by atoms with Crippen molar-refractivity contribution in [1.82, 2.24) is 15.1 Å². The van der Waals surface area contributed by atoms with E-state index in [1.54, 1.807) is 0 Å². The molecule has 3 N–H and O–H groups in total. The van der Waals surface area contributed by atoms with Crippen molar-refractivity contribution in [2.24, 2.45) is 17.8 Å². The van der Waals surface area contributed by atoms with Gasteiger partial charge >= 0.3 is 6.18 Å². The van der Waals surface area contributed by atoms with Crippen LogP contribution in [0.4, 0.5) is 13.2 Å². The van der Waals surface area contributed by atoms with Gasteiger partial charge in [0, 0.05) is 6.04 Å². The van der Waals surface area contributed by atoms with Gasteiger partial charge in [-0.05, 0) is 75.5 Å². The largest absolute Gasteiger partial charge is 0.433 e. The van der Waals surface area contributed by atoms with E-state index in [2.05, 4.69) is 10.4 Å². The predicted molar refractivity (Wildman–Crippen MR) is 100 cm³/mol. The number of carbonyl (C=O) groups is 1. The molecule has 1 heterocycles. The third kappa shape index (κ3) is 3.43. The summed E-state index contributed by atoms with van der Waals surface area (Å²) in [5, 5.41) is 27.2. The zero-order valence-corrected chi connectivity index (χ0v) is 16.7. The summed E-state index contributed by atoms with van der Waals surface area (Å²) in [5.41, 5.74) is -2.09. The summed E-state index contributed by atoms with van der Waals surface area (Å²) in [6.45, 7) is 0. The van der Waals surface area contributed by atoms with Crippen LogP contribution in [0.5, 0.6) is 0 Å². The standard InChI is InChI=1S/C21H28F3N3O3/c22-21(23,24)18-16(10-25-27(18)14-1-3-15(28)4-2-14)19(29)26-17-12-5-11-6-13(17)9-20(30,7-11)8-12/h10-15,17,28,30H,1-9H2,(H,26,29)/t11?,12-,13+,14?,15?,17?,20?.